The van der Waals surface area contributed by atoms with Gasteiger partial charge in [0.2, 0.25) is 11.7 Å². The van der Waals surface area contributed by atoms with Gasteiger partial charge in [-0.05, 0) is 37.2 Å². The Labute approximate surface area is 183 Å². The number of aromatic nitrogens is 1. The van der Waals surface area contributed by atoms with Crippen LogP contribution in [0.5, 0.6) is 0 Å². The number of carbonyl (C=O) groups excluding carboxylic acids is 2. The van der Waals surface area contributed by atoms with Crippen molar-refractivity contribution in [1.82, 2.24) is 15.4 Å². The standard InChI is InChI=1S/C24H33N3O4/c1-16(2)19-14-22(31-26-19)23(30)27(4)20-10-12-24(13-11-21(20)29,15-25-17(3)28)18-8-6-5-7-9-18/h5-9,14,16,20-21,29H,10-13,15H2,1-4H3,(H,25,28)/t20-,21-,24-/m1/s1. The van der Waals surface area contributed by atoms with Gasteiger partial charge in [0.05, 0.1) is 17.8 Å². The number of hydrogen-bond acceptors (Lipinski definition) is 5. The summed E-state index contributed by atoms with van der Waals surface area (Å²) in [6.45, 7) is 6.00. The number of carbonyl (C=O) groups is 2. The molecule has 0 bridgehead atoms. The van der Waals surface area contributed by atoms with Crippen molar-refractivity contribution in [2.75, 3.05) is 13.6 Å². The van der Waals surface area contributed by atoms with Crippen LogP contribution in [0.1, 0.15) is 74.2 Å². The Bertz CT molecular complexity index is 895. The van der Waals surface area contributed by atoms with Crippen LogP contribution in [0.3, 0.4) is 0 Å². The highest BCUT2D eigenvalue weighted by molar-refractivity contribution is 5.91. The van der Waals surface area contributed by atoms with E-state index in [0.717, 1.165) is 24.1 Å². The predicted molar refractivity (Wildman–Crippen MR) is 118 cm³/mol. The lowest BCUT2D eigenvalue weighted by Crippen LogP contribution is -2.44. The molecule has 2 N–H and O–H groups in total. The molecule has 0 saturated heterocycles. The smallest absolute Gasteiger partial charge is 0.292 e. The highest BCUT2D eigenvalue weighted by atomic mass is 16.5. The SMILES string of the molecule is CC(=O)NC[C@]1(c2ccccc2)CC[C@@H](O)[C@H](N(C)C(=O)c2cc(C(C)C)no2)CC1. The molecule has 3 atom stereocenters. The zero-order chi connectivity index (χ0) is 22.6. The first kappa shape index (κ1) is 23.0. The van der Waals surface area contributed by atoms with Gasteiger partial charge >= 0.3 is 0 Å². The van der Waals surface area contributed by atoms with Crippen molar-refractivity contribution in [1.29, 1.82) is 0 Å². The maximum absolute atomic E-state index is 13.0. The summed E-state index contributed by atoms with van der Waals surface area (Å²) >= 11 is 0. The summed E-state index contributed by atoms with van der Waals surface area (Å²) in [4.78, 5) is 26.2. The van der Waals surface area contributed by atoms with Crippen LogP contribution in [0.4, 0.5) is 0 Å². The zero-order valence-corrected chi connectivity index (χ0v) is 18.8. The number of hydrogen-bond donors (Lipinski definition) is 2. The number of aliphatic hydroxyl groups excluding tert-OH is 1. The maximum Gasteiger partial charge on any atom is 0.292 e. The van der Waals surface area contributed by atoms with E-state index < -0.39 is 6.10 Å². The largest absolute Gasteiger partial charge is 0.391 e. The second kappa shape index (κ2) is 9.64. The van der Waals surface area contributed by atoms with Gasteiger partial charge in [0.1, 0.15) is 0 Å². The lowest BCUT2D eigenvalue weighted by molar-refractivity contribution is -0.119. The molecule has 0 aliphatic heterocycles. The normalized spacial score (nSPS) is 23.9. The molecular formula is C24H33N3O4. The van der Waals surface area contributed by atoms with Gasteiger partial charge in [-0.25, -0.2) is 0 Å². The molecule has 2 aromatic rings. The first-order valence-electron chi connectivity index (χ1n) is 11.0. The number of rotatable bonds is 6. The van der Waals surface area contributed by atoms with E-state index in [1.807, 2.05) is 32.0 Å². The molecule has 1 saturated carbocycles. The number of likely N-dealkylation sites (N-methyl/N-ethyl adjacent to an activating group) is 1. The Morgan fingerprint density at radius 1 is 1.26 bits per heavy atom. The molecule has 0 radical (unpaired) electrons. The molecule has 168 valence electrons. The van der Waals surface area contributed by atoms with Crippen LogP contribution in [-0.2, 0) is 10.2 Å². The monoisotopic (exact) mass is 427 g/mol. The van der Waals surface area contributed by atoms with Crippen LogP contribution >= 0.6 is 0 Å². The summed E-state index contributed by atoms with van der Waals surface area (Å²) in [6.07, 6.45) is 1.94. The maximum atomic E-state index is 13.0. The molecule has 1 aromatic carbocycles. The first-order valence-corrected chi connectivity index (χ1v) is 11.0. The van der Waals surface area contributed by atoms with Gasteiger partial charge in [-0.15, -0.1) is 0 Å². The fourth-order valence-corrected chi connectivity index (χ4v) is 4.45. The van der Waals surface area contributed by atoms with Crippen molar-refractivity contribution < 1.29 is 19.2 Å². The minimum atomic E-state index is -0.663. The lowest BCUT2D eigenvalue weighted by atomic mass is 9.74. The summed E-state index contributed by atoms with van der Waals surface area (Å²) < 4.78 is 5.27. The third-order valence-electron chi connectivity index (χ3n) is 6.49. The van der Waals surface area contributed by atoms with Crippen LogP contribution in [0.2, 0.25) is 0 Å². The Balaban J connectivity index is 1.81. The van der Waals surface area contributed by atoms with E-state index in [1.165, 1.54) is 6.92 Å². The molecule has 1 aliphatic rings. The van der Waals surface area contributed by atoms with Gasteiger partial charge in [-0.3, -0.25) is 9.59 Å². The average molecular weight is 428 g/mol. The summed E-state index contributed by atoms with van der Waals surface area (Å²) in [5.41, 5.74) is 1.59. The third kappa shape index (κ3) is 5.15. The number of amides is 2. The van der Waals surface area contributed by atoms with Crippen LogP contribution in [-0.4, -0.2) is 52.7 Å². The van der Waals surface area contributed by atoms with E-state index in [-0.39, 0.29) is 34.9 Å². The van der Waals surface area contributed by atoms with Gasteiger partial charge < -0.3 is 19.8 Å². The number of nitrogens with zero attached hydrogens (tertiary/aromatic N) is 2. The van der Waals surface area contributed by atoms with E-state index in [9.17, 15) is 14.7 Å². The van der Waals surface area contributed by atoms with Crippen molar-refractivity contribution in [3.8, 4) is 0 Å². The summed E-state index contributed by atoms with van der Waals surface area (Å²) in [5.74, 6) is 0.00213. The fraction of sp³-hybridized carbons (Fsp3) is 0.542. The highest BCUT2D eigenvalue weighted by Crippen LogP contribution is 2.39. The summed E-state index contributed by atoms with van der Waals surface area (Å²) in [6, 6.07) is 11.4. The third-order valence-corrected chi connectivity index (χ3v) is 6.49. The molecule has 2 amide bonds. The molecule has 3 rings (SSSR count). The van der Waals surface area contributed by atoms with E-state index >= 15 is 0 Å². The molecule has 1 aromatic heterocycles. The molecule has 31 heavy (non-hydrogen) atoms. The Morgan fingerprint density at radius 3 is 2.55 bits per heavy atom. The quantitative estimate of drug-likeness (QED) is 0.690. The zero-order valence-electron chi connectivity index (χ0n) is 18.8. The number of aliphatic hydroxyl groups is 1. The van der Waals surface area contributed by atoms with E-state index in [0.29, 0.717) is 19.4 Å². The summed E-state index contributed by atoms with van der Waals surface area (Å²) in [7, 11) is 1.71. The van der Waals surface area contributed by atoms with Crippen molar-refractivity contribution in [3.63, 3.8) is 0 Å². The summed E-state index contributed by atoms with van der Waals surface area (Å²) in [5, 5.41) is 17.9. The molecule has 0 unspecified atom stereocenters. The van der Waals surface area contributed by atoms with Gasteiger partial charge in [-0.2, -0.15) is 0 Å². The van der Waals surface area contributed by atoms with Crippen molar-refractivity contribution in [3.05, 3.63) is 53.4 Å². The predicted octanol–water partition coefficient (Wildman–Crippen LogP) is 3.25. The Kier molecular flexibility index (Phi) is 7.15. The average Bonchev–Trinajstić information content (AvgIpc) is 3.19. The first-order chi connectivity index (χ1) is 14.7. The van der Waals surface area contributed by atoms with Gasteiger partial charge in [-0.1, -0.05) is 49.3 Å². The van der Waals surface area contributed by atoms with Crippen LogP contribution in [0.15, 0.2) is 40.9 Å². The van der Waals surface area contributed by atoms with Gasteiger partial charge in [0, 0.05) is 32.0 Å². The lowest BCUT2D eigenvalue weighted by Gasteiger charge is -2.34. The molecule has 7 heteroatoms. The number of benzene rings is 1. The topological polar surface area (TPSA) is 95.7 Å². The Hall–Kier alpha value is -2.67. The molecule has 1 aliphatic carbocycles. The molecular weight excluding hydrogens is 394 g/mol. The Morgan fingerprint density at radius 2 is 1.94 bits per heavy atom. The van der Waals surface area contributed by atoms with Crippen molar-refractivity contribution in [2.24, 2.45) is 0 Å². The molecule has 1 fully saturated rings. The van der Waals surface area contributed by atoms with E-state index in [1.54, 1.807) is 18.0 Å². The van der Waals surface area contributed by atoms with Crippen molar-refractivity contribution >= 4 is 11.8 Å². The van der Waals surface area contributed by atoms with Gasteiger partial charge in [0.25, 0.3) is 5.91 Å². The van der Waals surface area contributed by atoms with Crippen molar-refractivity contribution in [2.45, 2.75) is 69.9 Å². The minimum absolute atomic E-state index is 0.0739. The molecule has 0 spiro atoms. The second-order valence-electron chi connectivity index (χ2n) is 8.95. The van der Waals surface area contributed by atoms with E-state index in [4.69, 9.17) is 4.52 Å². The second-order valence-corrected chi connectivity index (χ2v) is 8.95. The molecule has 1 heterocycles. The van der Waals surface area contributed by atoms with E-state index in [2.05, 4.69) is 22.6 Å². The highest BCUT2D eigenvalue weighted by Gasteiger charge is 2.40. The van der Waals surface area contributed by atoms with Crippen LogP contribution in [0, 0.1) is 0 Å². The fourth-order valence-electron chi connectivity index (χ4n) is 4.45. The number of nitrogens with one attached hydrogen (secondary N) is 1. The van der Waals surface area contributed by atoms with Crippen LogP contribution < -0.4 is 5.32 Å². The van der Waals surface area contributed by atoms with Crippen LogP contribution in [0.25, 0.3) is 0 Å². The minimum Gasteiger partial charge on any atom is -0.391 e. The molecule has 7 nitrogen and oxygen atoms in total. The van der Waals surface area contributed by atoms with Gasteiger partial charge in [0.15, 0.2) is 0 Å².